The number of nitrogens with one attached hydrogen (secondary N) is 1. The van der Waals surface area contributed by atoms with Crippen molar-refractivity contribution < 1.29 is 4.79 Å². The number of halogens is 1. The Morgan fingerprint density at radius 2 is 2.00 bits per heavy atom. The van der Waals surface area contributed by atoms with Crippen LogP contribution in [0.25, 0.3) is 10.6 Å². The fraction of sp³-hybridized carbons (Fsp3) is 0.0625. The topological polar surface area (TPSA) is 54.9 Å². The summed E-state index contributed by atoms with van der Waals surface area (Å²) < 4.78 is 0. The van der Waals surface area contributed by atoms with Crippen LogP contribution in [0.1, 0.15) is 5.69 Å². The summed E-state index contributed by atoms with van der Waals surface area (Å²) in [7, 11) is 0. The first-order valence-electron chi connectivity index (χ1n) is 6.62. The second-order valence-electron chi connectivity index (χ2n) is 4.59. The predicted molar refractivity (Wildman–Crippen MR) is 89.1 cm³/mol. The molecule has 0 bridgehead atoms. The van der Waals surface area contributed by atoms with Crippen LogP contribution in [0.4, 0.5) is 5.82 Å². The molecule has 2 aromatic heterocycles. The van der Waals surface area contributed by atoms with Crippen molar-refractivity contribution in [3.8, 4) is 10.6 Å². The Balaban J connectivity index is 1.66. The molecule has 0 saturated carbocycles. The molecule has 0 spiro atoms. The minimum Gasteiger partial charge on any atom is -0.310 e. The number of aromatic nitrogens is 2. The van der Waals surface area contributed by atoms with E-state index in [0.29, 0.717) is 10.8 Å². The summed E-state index contributed by atoms with van der Waals surface area (Å²) in [6.45, 7) is 0. The van der Waals surface area contributed by atoms with Crippen molar-refractivity contribution in [2.75, 3.05) is 5.32 Å². The molecular formula is C16H12ClN3OS. The number of hydrogen-bond donors (Lipinski definition) is 1. The van der Waals surface area contributed by atoms with Gasteiger partial charge in [0.25, 0.3) is 0 Å². The van der Waals surface area contributed by atoms with Gasteiger partial charge in [0.1, 0.15) is 10.8 Å². The minimum absolute atomic E-state index is 0.133. The van der Waals surface area contributed by atoms with E-state index < -0.39 is 0 Å². The molecule has 0 unspecified atom stereocenters. The lowest BCUT2D eigenvalue weighted by Crippen LogP contribution is -2.15. The van der Waals surface area contributed by atoms with Crippen molar-refractivity contribution >= 4 is 34.7 Å². The molecule has 0 aliphatic rings. The first-order chi connectivity index (χ1) is 10.7. The van der Waals surface area contributed by atoms with Crippen LogP contribution in [0.2, 0.25) is 5.02 Å². The molecule has 3 rings (SSSR count). The Bertz CT molecular complexity index is 772. The van der Waals surface area contributed by atoms with Crippen molar-refractivity contribution in [2.24, 2.45) is 0 Å². The van der Waals surface area contributed by atoms with Crippen LogP contribution in [0.3, 0.4) is 0 Å². The van der Waals surface area contributed by atoms with Crippen LogP contribution in [0.15, 0.2) is 54.0 Å². The number of hydrogen-bond acceptors (Lipinski definition) is 4. The van der Waals surface area contributed by atoms with Gasteiger partial charge in [0.05, 0.1) is 12.1 Å². The van der Waals surface area contributed by atoms with Crippen molar-refractivity contribution in [1.82, 2.24) is 9.97 Å². The van der Waals surface area contributed by atoms with E-state index in [1.54, 1.807) is 18.3 Å². The number of nitrogens with zero attached hydrogens (tertiary/aromatic N) is 2. The molecule has 0 atom stereocenters. The van der Waals surface area contributed by atoms with Crippen molar-refractivity contribution in [3.63, 3.8) is 0 Å². The Kier molecular flexibility index (Phi) is 4.46. The van der Waals surface area contributed by atoms with Crippen LogP contribution in [0.5, 0.6) is 0 Å². The Hall–Kier alpha value is -2.24. The van der Waals surface area contributed by atoms with Gasteiger partial charge in [-0.2, -0.15) is 0 Å². The third-order valence-electron chi connectivity index (χ3n) is 2.92. The van der Waals surface area contributed by atoms with E-state index in [9.17, 15) is 4.79 Å². The van der Waals surface area contributed by atoms with E-state index in [0.717, 1.165) is 16.3 Å². The summed E-state index contributed by atoms with van der Waals surface area (Å²) in [5, 5.41) is 6.20. The summed E-state index contributed by atoms with van der Waals surface area (Å²) in [5.74, 6) is 0.410. The number of thiazole rings is 1. The fourth-order valence-corrected chi connectivity index (χ4v) is 2.85. The van der Waals surface area contributed by atoms with Crippen molar-refractivity contribution in [1.29, 1.82) is 0 Å². The van der Waals surface area contributed by atoms with Crippen LogP contribution in [-0.2, 0) is 11.2 Å². The lowest BCUT2D eigenvalue weighted by Gasteiger charge is -2.02. The lowest BCUT2D eigenvalue weighted by atomic mass is 10.2. The van der Waals surface area contributed by atoms with Crippen LogP contribution in [0, 0.1) is 0 Å². The first kappa shape index (κ1) is 14.7. The van der Waals surface area contributed by atoms with Gasteiger partial charge >= 0.3 is 0 Å². The van der Waals surface area contributed by atoms with Gasteiger partial charge in [0.15, 0.2) is 0 Å². The van der Waals surface area contributed by atoms with E-state index >= 15 is 0 Å². The third-order valence-corrected chi connectivity index (χ3v) is 4.11. The zero-order valence-corrected chi connectivity index (χ0v) is 13.1. The van der Waals surface area contributed by atoms with E-state index in [2.05, 4.69) is 15.3 Å². The highest BCUT2D eigenvalue weighted by Gasteiger charge is 2.09. The Labute approximate surface area is 136 Å². The Morgan fingerprint density at radius 1 is 1.18 bits per heavy atom. The van der Waals surface area contributed by atoms with Gasteiger partial charge in [-0.3, -0.25) is 4.79 Å². The molecule has 1 aromatic carbocycles. The third kappa shape index (κ3) is 3.69. The maximum absolute atomic E-state index is 12.0. The molecule has 0 radical (unpaired) electrons. The van der Waals surface area contributed by atoms with Crippen LogP contribution >= 0.6 is 22.9 Å². The van der Waals surface area contributed by atoms with Gasteiger partial charge in [-0.15, -0.1) is 11.3 Å². The quantitative estimate of drug-likeness (QED) is 0.786. The Morgan fingerprint density at radius 3 is 2.73 bits per heavy atom. The van der Waals surface area contributed by atoms with Crippen molar-refractivity contribution in [2.45, 2.75) is 6.42 Å². The van der Waals surface area contributed by atoms with Crippen molar-refractivity contribution in [3.05, 3.63) is 64.8 Å². The van der Waals surface area contributed by atoms with Gasteiger partial charge in [-0.25, -0.2) is 9.97 Å². The molecule has 2 heterocycles. The van der Waals surface area contributed by atoms with Gasteiger partial charge in [0.2, 0.25) is 5.91 Å². The first-order valence-corrected chi connectivity index (χ1v) is 7.88. The average Bonchev–Trinajstić information content (AvgIpc) is 2.97. The molecule has 0 saturated heterocycles. The normalized spacial score (nSPS) is 10.4. The van der Waals surface area contributed by atoms with Crippen LogP contribution < -0.4 is 5.32 Å². The largest absolute Gasteiger partial charge is 0.310 e. The highest BCUT2D eigenvalue weighted by Crippen LogP contribution is 2.25. The number of carbonyl (C=O) groups excluding carboxylic acids is 1. The molecule has 1 N–H and O–H groups in total. The van der Waals surface area contributed by atoms with Gasteiger partial charge < -0.3 is 5.32 Å². The number of rotatable bonds is 4. The SMILES string of the molecule is O=C(Cc1csc(-c2ccc(Cl)cc2)n1)Nc1ccccn1. The predicted octanol–water partition coefficient (Wildman–Crippen LogP) is 4.04. The summed E-state index contributed by atoms with van der Waals surface area (Å²) >= 11 is 7.38. The second kappa shape index (κ2) is 6.68. The number of benzene rings is 1. The number of anilines is 1. The summed E-state index contributed by atoms with van der Waals surface area (Å²) in [6.07, 6.45) is 1.86. The number of carbonyl (C=O) groups is 1. The lowest BCUT2D eigenvalue weighted by molar-refractivity contribution is -0.115. The zero-order chi connectivity index (χ0) is 15.4. The van der Waals surface area contributed by atoms with Gasteiger partial charge in [-0.05, 0) is 24.3 Å². The minimum atomic E-state index is -0.133. The van der Waals surface area contributed by atoms with E-state index in [-0.39, 0.29) is 12.3 Å². The highest BCUT2D eigenvalue weighted by atomic mass is 35.5. The molecular weight excluding hydrogens is 318 g/mol. The molecule has 6 heteroatoms. The van der Waals surface area contributed by atoms with E-state index in [1.807, 2.05) is 35.7 Å². The average molecular weight is 330 g/mol. The number of pyridine rings is 1. The molecule has 0 aliphatic carbocycles. The maximum Gasteiger partial charge on any atom is 0.231 e. The summed E-state index contributed by atoms with van der Waals surface area (Å²) in [4.78, 5) is 20.5. The molecule has 0 aliphatic heterocycles. The maximum atomic E-state index is 12.0. The molecule has 3 aromatic rings. The molecule has 110 valence electrons. The smallest absolute Gasteiger partial charge is 0.231 e. The molecule has 1 amide bonds. The highest BCUT2D eigenvalue weighted by molar-refractivity contribution is 7.13. The fourth-order valence-electron chi connectivity index (χ4n) is 1.90. The van der Waals surface area contributed by atoms with Crippen LogP contribution in [-0.4, -0.2) is 15.9 Å². The standard InChI is InChI=1S/C16H12ClN3OS/c17-12-6-4-11(5-7-12)16-19-13(10-22-16)9-15(21)20-14-3-1-2-8-18-14/h1-8,10H,9H2,(H,18,20,21). The van der Waals surface area contributed by atoms with E-state index in [4.69, 9.17) is 11.6 Å². The number of amides is 1. The van der Waals surface area contributed by atoms with Gasteiger partial charge in [0, 0.05) is 22.2 Å². The summed E-state index contributed by atoms with van der Waals surface area (Å²) in [5.41, 5.74) is 1.73. The molecule has 22 heavy (non-hydrogen) atoms. The summed E-state index contributed by atoms with van der Waals surface area (Å²) in [6, 6.07) is 12.9. The monoisotopic (exact) mass is 329 g/mol. The second-order valence-corrected chi connectivity index (χ2v) is 5.89. The molecule has 0 fully saturated rings. The van der Waals surface area contributed by atoms with Gasteiger partial charge in [-0.1, -0.05) is 29.8 Å². The zero-order valence-electron chi connectivity index (χ0n) is 11.5. The van der Waals surface area contributed by atoms with E-state index in [1.165, 1.54) is 11.3 Å². The molecule has 4 nitrogen and oxygen atoms in total.